The van der Waals surface area contributed by atoms with Crippen molar-refractivity contribution in [3.05, 3.63) is 53.1 Å². The number of rotatable bonds is 5. The number of sulfonamides is 1. The first kappa shape index (κ1) is 23.7. The molecule has 0 atom stereocenters. The van der Waals surface area contributed by atoms with E-state index >= 15 is 0 Å². The lowest BCUT2D eigenvalue weighted by Crippen LogP contribution is -2.43. The number of amides is 2. The van der Waals surface area contributed by atoms with Gasteiger partial charge >= 0.3 is 0 Å². The highest BCUT2D eigenvalue weighted by molar-refractivity contribution is 7.92. The van der Waals surface area contributed by atoms with Crippen molar-refractivity contribution in [1.29, 1.82) is 0 Å². The van der Waals surface area contributed by atoms with E-state index in [1.165, 1.54) is 12.1 Å². The molecule has 0 unspecified atom stereocenters. The van der Waals surface area contributed by atoms with Crippen molar-refractivity contribution in [2.24, 2.45) is 0 Å². The van der Waals surface area contributed by atoms with Crippen LogP contribution in [0.5, 0.6) is 0 Å². The molecule has 1 saturated heterocycles. The zero-order valence-corrected chi connectivity index (χ0v) is 20.0. The van der Waals surface area contributed by atoms with Crippen LogP contribution in [-0.4, -0.2) is 51.3 Å². The molecular weight excluding hydrogens is 478 g/mol. The van der Waals surface area contributed by atoms with E-state index in [4.69, 9.17) is 0 Å². The molecule has 186 valence electrons. The predicted octanol–water partition coefficient (Wildman–Crippen LogP) is 2.96. The van der Waals surface area contributed by atoms with Gasteiger partial charge in [-0.25, -0.2) is 17.2 Å². The van der Waals surface area contributed by atoms with Crippen LogP contribution in [0.25, 0.3) is 0 Å². The van der Waals surface area contributed by atoms with Crippen molar-refractivity contribution in [1.82, 2.24) is 10.2 Å². The van der Waals surface area contributed by atoms with Gasteiger partial charge in [0.25, 0.3) is 15.9 Å². The zero-order valence-electron chi connectivity index (χ0n) is 19.2. The van der Waals surface area contributed by atoms with Crippen LogP contribution in [-0.2, 0) is 20.2 Å². The summed E-state index contributed by atoms with van der Waals surface area (Å²) in [5.41, 5.74) is 0.318. The van der Waals surface area contributed by atoms with Crippen LogP contribution in [0, 0.1) is 11.6 Å². The fourth-order valence-corrected chi connectivity index (χ4v) is 6.19. The van der Waals surface area contributed by atoms with Gasteiger partial charge in [0.1, 0.15) is 16.5 Å². The highest BCUT2D eigenvalue weighted by Crippen LogP contribution is 2.52. The minimum absolute atomic E-state index is 0.0313. The number of carbonyl (C=O) groups is 2. The molecule has 0 bridgehead atoms. The fraction of sp³-hybridized carbons (Fsp3) is 0.417. The number of piperidine rings is 1. The number of carbonyl (C=O) groups excluding carboxylic acids is 2. The van der Waals surface area contributed by atoms with Crippen molar-refractivity contribution in [3.63, 3.8) is 0 Å². The fourth-order valence-electron chi connectivity index (χ4n) is 5.09. The summed E-state index contributed by atoms with van der Waals surface area (Å²) >= 11 is 0. The van der Waals surface area contributed by atoms with Crippen molar-refractivity contribution in [3.8, 4) is 0 Å². The van der Waals surface area contributed by atoms with Crippen LogP contribution in [0.4, 0.5) is 20.2 Å². The summed E-state index contributed by atoms with van der Waals surface area (Å²) in [4.78, 5) is 27.6. The second-order valence-electron chi connectivity index (χ2n) is 9.57. The van der Waals surface area contributed by atoms with Crippen molar-refractivity contribution in [2.75, 3.05) is 30.2 Å². The average molecular weight is 505 g/mol. The Bertz CT molecular complexity index is 1320. The molecule has 8 nitrogen and oxygen atoms in total. The second kappa shape index (κ2) is 8.56. The van der Waals surface area contributed by atoms with Crippen LogP contribution in [0.1, 0.15) is 48.0 Å². The van der Waals surface area contributed by atoms with Crippen molar-refractivity contribution >= 4 is 33.2 Å². The van der Waals surface area contributed by atoms with Crippen LogP contribution in [0.3, 0.4) is 0 Å². The lowest BCUT2D eigenvalue weighted by Gasteiger charge is -2.36. The van der Waals surface area contributed by atoms with E-state index in [-0.39, 0.29) is 23.2 Å². The van der Waals surface area contributed by atoms with E-state index < -0.39 is 37.9 Å². The topological polar surface area (TPSA) is 108 Å². The molecule has 35 heavy (non-hydrogen) atoms. The third kappa shape index (κ3) is 4.16. The molecule has 2 amide bonds. The van der Waals surface area contributed by atoms with E-state index in [0.29, 0.717) is 30.2 Å². The number of likely N-dealkylation sites (tertiary alicyclic amines) is 1. The third-order valence-corrected chi connectivity index (χ3v) is 8.68. The van der Waals surface area contributed by atoms with E-state index in [1.54, 1.807) is 0 Å². The van der Waals surface area contributed by atoms with Gasteiger partial charge in [-0.15, -0.1) is 0 Å². The summed E-state index contributed by atoms with van der Waals surface area (Å²) in [5, 5.41) is 5.84. The summed E-state index contributed by atoms with van der Waals surface area (Å²) in [5.74, 6) is -2.76. The van der Waals surface area contributed by atoms with Crippen LogP contribution in [0.2, 0.25) is 0 Å². The van der Waals surface area contributed by atoms with Gasteiger partial charge < -0.3 is 15.5 Å². The summed E-state index contributed by atoms with van der Waals surface area (Å²) in [6, 6.07) is 5.01. The standard InChI is InChI=1S/C24H26F2N4O4S/c1-30-9-5-15(6-10-30)27-22(31)17-12-16(13-18-21(17)28-23(32)24(18)7-2-8-24)29-35(33,34)20-4-3-14(25)11-19(20)26/h3-4,11-13,15,29H,2,5-10H2,1H3,(H,27,31)(H,28,32). The molecule has 2 fully saturated rings. The molecule has 0 aromatic heterocycles. The molecule has 0 radical (unpaired) electrons. The smallest absolute Gasteiger partial charge is 0.264 e. The normalized spacial score (nSPS) is 19.7. The van der Waals surface area contributed by atoms with Crippen LogP contribution in [0.15, 0.2) is 35.2 Å². The van der Waals surface area contributed by atoms with Crippen LogP contribution < -0.4 is 15.4 Å². The van der Waals surface area contributed by atoms with E-state index in [9.17, 15) is 26.8 Å². The highest BCUT2D eigenvalue weighted by Gasteiger charge is 2.52. The SMILES string of the molecule is CN1CCC(NC(=O)c2cc(NS(=O)(=O)c3ccc(F)cc3F)cc3c2NC(=O)C32CCC2)CC1. The maximum atomic E-state index is 14.2. The Hall–Kier alpha value is -3.05. The number of anilines is 2. The van der Waals surface area contributed by atoms with Gasteiger partial charge in [0.2, 0.25) is 5.91 Å². The molecule has 1 saturated carbocycles. The van der Waals surface area contributed by atoms with Gasteiger partial charge in [-0.05, 0) is 75.6 Å². The predicted molar refractivity (Wildman–Crippen MR) is 126 cm³/mol. The Morgan fingerprint density at radius 3 is 2.49 bits per heavy atom. The summed E-state index contributed by atoms with van der Waals surface area (Å²) in [7, 11) is -2.42. The van der Waals surface area contributed by atoms with Gasteiger partial charge in [-0.1, -0.05) is 6.42 Å². The molecule has 1 aliphatic carbocycles. The Kier molecular flexibility index (Phi) is 5.79. The number of nitrogens with one attached hydrogen (secondary N) is 3. The minimum atomic E-state index is -4.43. The Morgan fingerprint density at radius 1 is 1.14 bits per heavy atom. The monoisotopic (exact) mass is 504 g/mol. The van der Waals surface area contributed by atoms with Gasteiger partial charge in [0.05, 0.1) is 22.4 Å². The number of benzene rings is 2. The van der Waals surface area contributed by atoms with E-state index in [2.05, 4.69) is 20.3 Å². The molecule has 2 heterocycles. The Morgan fingerprint density at radius 2 is 1.86 bits per heavy atom. The molecule has 5 rings (SSSR count). The Balaban J connectivity index is 1.51. The van der Waals surface area contributed by atoms with E-state index in [1.807, 2.05) is 7.05 Å². The first-order chi connectivity index (χ1) is 16.6. The summed E-state index contributed by atoms with van der Waals surface area (Å²) in [6.45, 7) is 1.68. The molecule has 2 aromatic rings. The number of nitrogens with zero attached hydrogens (tertiary/aromatic N) is 1. The number of hydrogen-bond acceptors (Lipinski definition) is 5. The third-order valence-electron chi connectivity index (χ3n) is 7.27. The summed E-state index contributed by atoms with van der Waals surface area (Å²) < 4.78 is 55.7. The van der Waals surface area contributed by atoms with Gasteiger partial charge in [-0.2, -0.15) is 0 Å². The zero-order chi connectivity index (χ0) is 25.0. The van der Waals surface area contributed by atoms with E-state index in [0.717, 1.165) is 44.5 Å². The quantitative estimate of drug-likeness (QED) is 0.581. The molecular formula is C24H26F2N4O4S. The van der Waals surface area contributed by atoms with Crippen molar-refractivity contribution < 1.29 is 26.8 Å². The lowest BCUT2D eigenvalue weighted by atomic mass is 9.65. The highest BCUT2D eigenvalue weighted by atomic mass is 32.2. The van der Waals surface area contributed by atoms with Gasteiger partial charge in [0.15, 0.2) is 0 Å². The molecule has 3 aliphatic rings. The maximum Gasteiger partial charge on any atom is 0.264 e. The van der Waals surface area contributed by atoms with Gasteiger partial charge in [-0.3, -0.25) is 14.3 Å². The van der Waals surface area contributed by atoms with Crippen molar-refractivity contribution in [2.45, 2.75) is 48.5 Å². The first-order valence-corrected chi connectivity index (χ1v) is 13.0. The largest absolute Gasteiger partial charge is 0.349 e. The molecule has 2 aromatic carbocycles. The minimum Gasteiger partial charge on any atom is -0.349 e. The second-order valence-corrected chi connectivity index (χ2v) is 11.2. The number of halogens is 2. The molecule has 3 N–H and O–H groups in total. The Labute approximate surface area is 202 Å². The average Bonchev–Trinajstić information content (AvgIpc) is 3.06. The van der Waals surface area contributed by atoms with Gasteiger partial charge in [0, 0.05) is 12.1 Å². The molecule has 1 spiro atoms. The maximum absolute atomic E-state index is 14.2. The molecule has 2 aliphatic heterocycles. The number of hydrogen-bond donors (Lipinski definition) is 3. The first-order valence-electron chi connectivity index (χ1n) is 11.6. The number of fused-ring (bicyclic) bond motifs is 2. The summed E-state index contributed by atoms with van der Waals surface area (Å²) in [6.07, 6.45) is 3.56. The lowest BCUT2D eigenvalue weighted by molar-refractivity contribution is -0.123. The van der Waals surface area contributed by atoms with Crippen LogP contribution >= 0.6 is 0 Å². The molecule has 11 heteroatoms.